The Balaban J connectivity index is 1.99. The first-order valence-electron chi connectivity index (χ1n) is 5.88. The highest BCUT2D eigenvalue weighted by Gasteiger charge is 2.51. The van der Waals surface area contributed by atoms with Gasteiger partial charge in [-0.15, -0.1) is 0 Å². The van der Waals surface area contributed by atoms with Crippen LogP contribution in [0, 0.1) is 0 Å². The third-order valence-corrected chi connectivity index (χ3v) is 4.01. The van der Waals surface area contributed by atoms with E-state index in [0.29, 0.717) is 0 Å². The van der Waals surface area contributed by atoms with Crippen LogP contribution in [0.5, 0.6) is 0 Å². The lowest BCUT2D eigenvalue weighted by atomic mass is 9.95. The number of aliphatic hydroxyl groups excluding tert-OH is 2. The number of nitrogens with zero attached hydrogens (tertiary/aromatic N) is 2. The molecule has 2 bridgehead atoms. The Morgan fingerprint density at radius 1 is 0.882 bits per heavy atom. The summed E-state index contributed by atoms with van der Waals surface area (Å²) in [6.45, 7) is 0. The van der Waals surface area contributed by atoms with E-state index in [1.807, 2.05) is 24.3 Å². The zero-order valence-electron chi connectivity index (χ0n) is 9.11. The minimum Gasteiger partial charge on any atom is -0.390 e. The second-order valence-electron chi connectivity index (χ2n) is 4.91. The van der Waals surface area contributed by atoms with Gasteiger partial charge in [-0.3, -0.25) is 0 Å². The van der Waals surface area contributed by atoms with Crippen molar-refractivity contribution in [2.75, 3.05) is 0 Å². The molecule has 1 aromatic heterocycles. The maximum Gasteiger partial charge on any atom is 0.0890 e. The van der Waals surface area contributed by atoms with Crippen molar-refractivity contribution < 1.29 is 10.2 Å². The van der Waals surface area contributed by atoms with Crippen molar-refractivity contribution in [1.82, 2.24) is 9.97 Å². The summed E-state index contributed by atoms with van der Waals surface area (Å²) >= 11 is 0. The van der Waals surface area contributed by atoms with Gasteiger partial charge in [-0.2, -0.15) is 0 Å². The first kappa shape index (κ1) is 9.50. The zero-order chi connectivity index (χ0) is 11.6. The van der Waals surface area contributed by atoms with Crippen molar-refractivity contribution in [3.63, 3.8) is 0 Å². The van der Waals surface area contributed by atoms with Gasteiger partial charge in [-0.25, -0.2) is 9.97 Å². The van der Waals surface area contributed by atoms with Crippen LogP contribution in [0.25, 0.3) is 11.0 Å². The second-order valence-corrected chi connectivity index (χ2v) is 4.91. The lowest BCUT2D eigenvalue weighted by molar-refractivity contribution is 0.0201. The van der Waals surface area contributed by atoms with E-state index in [1.165, 1.54) is 0 Å². The Hall–Kier alpha value is -1.52. The monoisotopic (exact) mass is 228 g/mol. The van der Waals surface area contributed by atoms with Gasteiger partial charge in [0.15, 0.2) is 0 Å². The molecule has 1 aromatic carbocycles. The molecular formula is C13H12N2O2. The zero-order valence-corrected chi connectivity index (χ0v) is 9.11. The van der Waals surface area contributed by atoms with E-state index in [4.69, 9.17) is 0 Å². The fourth-order valence-electron chi connectivity index (χ4n) is 3.15. The average Bonchev–Trinajstić information content (AvgIpc) is 2.85. The highest BCUT2D eigenvalue weighted by Crippen LogP contribution is 2.51. The number of hydrogen-bond donors (Lipinski definition) is 2. The lowest BCUT2D eigenvalue weighted by Crippen LogP contribution is -2.32. The largest absolute Gasteiger partial charge is 0.390 e. The van der Waals surface area contributed by atoms with Crippen LogP contribution in [0.4, 0.5) is 0 Å². The summed E-state index contributed by atoms with van der Waals surface area (Å²) in [6.07, 6.45) is -0.584. The number of aromatic nitrogens is 2. The average molecular weight is 228 g/mol. The van der Waals surface area contributed by atoms with Crippen molar-refractivity contribution in [1.29, 1.82) is 0 Å². The molecule has 0 radical (unpaired) electrons. The topological polar surface area (TPSA) is 66.2 Å². The summed E-state index contributed by atoms with van der Waals surface area (Å²) in [5.41, 5.74) is 3.49. The fraction of sp³-hybridized carbons (Fsp3) is 0.385. The van der Waals surface area contributed by atoms with Crippen molar-refractivity contribution in [3.05, 3.63) is 35.7 Å². The van der Waals surface area contributed by atoms with Crippen molar-refractivity contribution in [3.8, 4) is 0 Å². The first-order valence-corrected chi connectivity index (χ1v) is 5.88. The molecule has 1 heterocycles. The highest BCUT2D eigenvalue weighted by atomic mass is 16.3. The molecule has 0 unspecified atom stereocenters. The number of fused-ring (bicyclic) bond motifs is 6. The summed E-state index contributed by atoms with van der Waals surface area (Å²) < 4.78 is 0. The van der Waals surface area contributed by atoms with E-state index in [1.54, 1.807) is 0 Å². The van der Waals surface area contributed by atoms with Crippen LogP contribution in [-0.4, -0.2) is 32.4 Å². The van der Waals surface area contributed by atoms with E-state index < -0.39 is 12.2 Å². The summed E-state index contributed by atoms with van der Waals surface area (Å²) in [5.74, 6) is -0.0794. The van der Waals surface area contributed by atoms with Gasteiger partial charge >= 0.3 is 0 Å². The Morgan fingerprint density at radius 3 is 1.82 bits per heavy atom. The number of rotatable bonds is 0. The van der Waals surface area contributed by atoms with E-state index in [-0.39, 0.29) is 11.8 Å². The number of hydrogen-bond acceptors (Lipinski definition) is 4. The van der Waals surface area contributed by atoms with Gasteiger partial charge in [0, 0.05) is 11.8 Å². The molecule has 0 amide bonds. The van der Waals surface area contributed by atoms with Gasteiger partial charge < -0.3 is 10.2 Å². The van der Waals surface area contributed by atoms with Crippen LogP contribution in [0.1, 0.15) is 29.6 Å². The standard InChI is InChI=1S/C13H12N2O2/c16-12-6-5-7(13(12)17)11-10(6)14-8-3-1-2-4-9(8)15-11/h1-4,6-7,12-13,16-17H,5H2/t6-,7+,12-,13+. The maximum atomic E-state index is 9.89. The number of aliphatic hydroxyl groups is 2. The van der Waals surface area contributed by atoms with Gasteiger partial charge in [0.2, 0.25) is 0 Å². The predicted octanol–water partition coefficient (Wildman–Crippen LogP) is 0.936. The van der Waals surface area contributed by atoms with Crippen LogP contribution < -0.4 is 0 Å². The van der Waals surface area contributed by atoms with Crippen molar-refractivity contribution in [2.24, 2.45) is 0 Å². The molecule has 4 heteroatoms. The molecule has 1 saturated carbocycles. The maximum absolute atomic E-state index is 9.89. The third kappa shape index (κ3) is 1.09. The molecule has 17 heavy (non-hydrogen) atoms. The predicted molar refractivity (Wildman–Crippen MR) is 61.7 cm³/mol. The molecule has 0 spiro atoms. The quantitative estimate of drug-likeness (QED) is 0.704. The van der Waals surface area contributed by atoms with Crippen LogP contribution in [0.15, 0.2) is 24.3 Å². The second kappa shape index (κ2) is 3.03. The van der Waals surface area contributed by atoms with Gasteiger partial charge in [0.05, 0.1) is 34.6 Å². The van der Waals surface area contributed by atoms with Crippen LogP contribution in [-0.2, 0) is 0 Å². The summed E-state index contributed by atoms with van der Waals surface area (Å²) in [4.78, 5) is 9.18. The molecule has 2 aliphatic carbocycles. The van der Waals surface area contributed by atoms with Crippen molar-refractivity contribution in [2.45, 2.75) is 30.5 Å². The Labute approximate surface area is 98.0 Å². The molecule has 4 rings (SSSR count). The molecule has 2 aromatic rings. The van der Waals surface area contributed by atoms with E-state index in [0.717, 1.165) is 28.8 Å². The van der Waals surface area contributed by atoms with Gasteiger partial charge in [0.1, 0.15) is 0 Å². The van der Waals surface area contributed by atoms with Gasteiger partial charge in [0.25, 0.3) is 0 Å². The summed E-state index contributed by atoms with van der Waals surface area (Å²) in [7, 11) is 0. The Bertz CT molecular complexity index is 561. The fourth-order valence-corrected chi connectivity index (χ4v) is 3.15. The van der Waals surface area contributed by atoms with E-state index in [2.05, 4.69) is 9.97 Å². The van der Waals surface area contributed by atoms with Crippen LogP contribution >= 0.6 is 0 Å². The molecule has 2 N–H and O–H groups in total. The van der Waals surface area contributed by atoms with Crippen LogP contribution in [0.2, 0.25) is 0 Å². The Morgan fingerprint density at radius 2 is 1.35 bits per heavy atom. The SMILES string of the molecule is O[C@@H]1[C@H](O)[C@@H]2C[C@H]1c1nc3ccccc3nc12. The lowest BCUT2D eigenvalue weighted by Gasteiger charge is -2.23. The van der Waals surface area contributed by atoms with Crippen LogP contribution in [0.3, 0.4) is 0 Å². The minimum absolute atomic E-state index is 0.0397. The third-order valence-electron chi connectivity index (χ3n) is 4.01. The van der Waals surface area contributed by atoms with Crippen molar-refractivity contribution >= 4 is 11.0 Å². The molecule has 0 saturated heterocycles. The molecule has 2 aliphatic rings. The van der Waals surface area contributed by atoms with E-state index in [9.17, 15) is 10.2 Å². The van der Waals surface area contributed by atoms with Gasteiger partial charge in [-0.05, 0) is 18.6 Å². The normalized spacial score (nSPS) is 34.2. The molecule has 4 nitrogen and oxygen atoms in total. The molecule has 0 aliphatic heterocycles. The highest BCUT2D eigenvalue weighted by molar-refractivity contribution is 5.74. The summed E-state index contributed by atoms with van der Waals surface area (Å²) in [6, 6.07) is 7.72. The Kier molecular flexibility index (Phi) is 1.69. The molecule has 1 fully saturated rings. The summed E-state index contributed by atoms with van der Waals surface area (Å²) in [5, 5.41) is 19.8. The number of para-hydroxylation sites is 2. The van der Waals surface area contributed by atoms with Gasteiger partial charge in [-0.1, -0.05) is 12.1 Å². The number of benzene rings is 1. The minimum atomic E-state index is -0.678. The molecule has 86 valence electrons. The molecular weight excluding hydrogens is 216 g/mol. The smallest absolute Gasteiger partial charge is 0.0890 e. The van der Waals surface area contributed by atoms with E-state index >= 15 is 0 Å². The molecule has 4 atom stereocenters. The first-order chi connectivity index (χ1) is 8.25.